The molecule has 0 unspecified atom stereocenters. The summed E-state index contributed by atoms with van der Waals surface area (Å²) >= 11 is 0. The average molecular weight is 334 g/mol. The van der Waals surface area contributed by atoms with E-state index < -0.39 is 0 Å². The molecule has 3 N–H and O–H groups in total. The van der Waals surface area contributed by atoms with Gasteiger partial charge in [0.25, 0.3) is 0 Å². The maximum absolute atomic E-state index is 10.4. The molecule has 1 heterocycles. The minimum absolute atomic E-state index is 0.307. The van der Waals surface area contributed by atoms with Crippen molar-refractivity contribution >= 4 is 10.9 Å². The lowest BCUT2D eigenvalue weighted by molar-refractivity contribution is 0.165. The molecule has 0 spiro atoms. The molecular formula is C22H26N2O. The summed E-state index contributed by atoms with van der Waals surface area (Å²) < 4.78 is 0. The molecule has 0 bridgehead atoms. The summed E-state index contributed by atoms with van der Waals surface area (Å²) in [6.45, 7) is 2.77. The molecule has 1 aromatic heterocycles. The normalized spacial score (nSPS) is 18.2. The summed E-state index contributed by atoms with van der Waals surface area (Å²) in [5.74, 6) is 0. The third-order valence-corrected chi connectivity index (χ3v) is 5.28. The zero-order chi connectivity index (χ0) is 17.2. The van der Waals surface area contributed by atoms with E-state index in [0.29, 0.717) is 19.0 Å². The van der Waals surface area contributed by atoms with Gasteiger partial charge in [-0.05, 0) is 55.9 Å². The molecule has 130 valence electrons. The van der Waals surface area contributed by atoms with Crippen LogP contribution in [-0.4, -0.2) is 22.7 Å². The second-order valence-corrected chi connectivity index (χ2v) is 7.26. The van der Waals surface area contributed by atoms with E-state index in [9.17, 15) is 5.11 Å². The molecular weight excluding hydrogens is 308 g/mol. The zero-order valence-corrected chi connectivity index (χ0v) is 14.8. The van der Waals surface area contributed by atoms with Gasteiger partial charge in [-0.1, -0.05) is 42.0 Å². The smallest absolute Gasteiger partial charge is 0.0705 e. The van der Waals surface area contributed by atoms with Crippen LogP contribution in [0.2, 0.25) is 0 Å². The molecule has 2 aromatic carbocycles. The second kappa shape index (κ2) is 7.03. The highest BCUT2D eigenvalue weighted by atomic mass is 16.3. The van der Waals surface area contributed by atoms with E-state index in [1.807, 2.05) is 18.2 Å². The van der Waals surface area contributed by atoms with Gasteiger partial charge in [0.15, 0.2) is 0 Å². The molecule has 4 rings (SSSR count). The number of benzene rings is 2. The van der Waals surface area contributed by atoms with Crippen molar-refractivity contribution < 1.29 is 5.11 Å². The number of H-pyrrole nitrogens is 1. The van der Waals surface area contributed by atoms with Crippen molar-refractivity contribution in [3.8, 4) is 0 Å². The quantitative estimate of drug-likeness (QED) is 0.659. The highest BCUT2D eigenvalue weighted by molar-refractivity contribution is 5.85. The van der Waals surface area contributed by atoms with Gasteiger partial charge in [-0.2, -0.15) is 0 Å². The fourth-order valence-electron chi connectivity index (χ4n) is 4.02. The largest absolute Gasteiger partial charge is 0.391 e. The van der Waals surface area contributed by atoms with E-state index in [1.165, 1.54) is 39.7 Å². The van der Waals surface area contributed by atoms with E-state index in [4.69, 9.17) is 0 Å². The van der Waals surface area contributed by atoms with Gasteiger partial charge < -0.3 is 15.4 Å². The molecule has 1 aliphatic carbocycles. The lowest BCUT2D eigenvalue weighted by Gasteiger charge is -2.25. The molecule has 3 aromatic rings. The standard InChI is InChI=1S/C22H26N2O/c1-15-10-11-20-19(12-15)18-8-5-9-21(22(18)24-20)23-14-17(25)13-16-6-3-2-4-7-16/h2-4,6-7,10-12,17,21,23-25H,5,8-9,13-14H2,1H3/t17-,21-/m1/s1. The Morgan fingerprint density at radius 2 is 2.04 bits per heavy atom. The topological polar surface area (TPSA) is 48.0 Å². The molecule has 0 aliphatic heterocycles. The number of aliphatic hydroxyl groups is 1. The number of aryl methyl sites for hydroxylation is 2. The Hall–Kier alpha value is -2.10. The number of hydrogen-bond acceptors (Lipinski definition) is 2. The first-order valence-electron chi connectivity index (χ1n) is 9.27. The summed E-state index contributed by atoms with van der Waals surface area (Å²) in [6, 6.07) is 17.1. The van der Waals surface area contributed by atoms with Gasteiger partial charge in [0.2, 0.25) is 0 Å². The Morgan fingerprint density at radius 1 is 1.20 bits per heavy atom. The minimum atomic E-state index is -0.362. The van der Waals surface area contributed by atoms with Gasteiger partial charge in [-0.3, -0.25) is 0 Å². The Bertz CT molecular complexity index is 853. The number of nitrogens with one attached hydrogen (secondary N) is 2. The summed E-state index contributed by atoms with van der Waals surface area (Å²) in [6.07, 6.45) is 3.79. The Labute approximate surface area is 149 Å². The van der Waals surface area contributed by atoms with E-state index in [1.54, 1.807) is 0 Å². The maximum atomic E-state index is 10.4. The van der Waals surface area contributed by atoms with Crippen LogP contribution < -0.4 is 5.32 Å². The number of hydrogen-bond donors (Lipinski definition) is 3. The summed E-state index contributed by atoms with van der Waals surface area (Å²) in [4.78, 5) is 3.62. The molecule has 0 saturated carbocycles. The minimum Gasteiger partial charge on any atom is -0.391 e. The van der Waals surface area contributed by atoms with Crippen molar-refractivity contribution in [2.45, 2.75) is 44.8 Å². The van der Waals surface area contributed by atoms with Gasteiger partial charge in [0, 0.05) is 29.2 Å². The first-order valence-corrected chi connectivity index (χ1v) is 9.27. The van der Waals surface area contributed by atoms with Crippen LogP contribution in [0.5, 0.6) is 0 Å². The van der Waals surface area contributed by atoms with Crippen LogP contribution in [0.3, 0.4) is 0 Å². The monoisotopic (exact) mass is 334 g/mol. The Balaban J connectivity index is 1.47. The van der Waals surface area contributed by atoms with Gasteiger partial charge in [-0.25, -0.2) is 0 Å². The summed E-state index contributed by atoms with van der Waals surface area (Å²) in [7, 11) is 0. The predicted octanol–water partition coefficient (Wildman–Crippen LogP) is 4.05. The van der Waals surface area contributed by atoms with Crippen LogP contribution in [-0.2, 0) is 12.8 Å². The van der Waals surface area contributed by atoms with E-state index in [-0.39, 0.29) is 6.10 Å². The lowest BCUT2D eigenvalue weighted by Crippen LogP contribution is -2.33. The molecule has 3 nitrogen and oxygen atoms in total. The van der Waals surface area contributed by atoms with Crippen LogP contribution in [0.4, 0.5) is 0 Å². The SMILES string of the molecule is Cc1ccc2[nH]c3c(c2c1)CCC[C@H]3NC[C@H](O)Cc1ccccc1. The van der Waals surface area contributed by atoms with Crippen molar-refractivity contribution in [1.29, 1.82) is 0 Å². The van der Waals surface area contributed by atoms with Crippen molar-refractivity contribution in [2.75, 3.05) is 6.54 Å². The van der Waals surface area contributed by atoms with E-state index in [2.05, 4.69) is 47.6 Å². The third-order valence-electron chi connectivity index (χ3n) is 5.28. The van der Waals surface area contributed by atoms with Crippen molar-refractivity contribution in [3.63, 3.8) is 0 Å². The zero-order valence-electron chi connectivity index (χ0n) is 14.8. The highest BCUT2D eigenvalue weighted by Crippen LogP contribution is 2.35. The Kier molecular flexibility index (Phi) is 4.60. The molecule has 0 saturated heterocycles. The number of aliphatic hydroxyl groups excluding tert-OH is 1. The number of aromatic nitrogens is 1. The number of aromatic amines is 1. The fourth-order valence-corrected chi connectivity index (χ4v) is 4.02. The van der Waals surface area contributed by atoms with Crippen molar-refractivity contribution in [3.05, 3.63) is 70.9 Å². The molecule has 0 radical (unpaired) electrons. The van der Waals surface area contributed by atoms with Gasteiger partial charge in [0.05, 0.1) is 6.10 Å². The van der Waals surface area contributed by atoms with Crippen LogP contribution in [0.1, 0.15) is 41.3 Å². The third kappa shape index (κ3) is 3.48. The van der Waals surface area contributed by atoms with Gasteiger partial charge in [-0.15, -0.1) is 0 Å². The van der Waals surface area contributed by atoms with Crippen LogP contribution >= 0.6 is 0 Å². The lowest BCUT2D eigenvalue weighted by atomic mass is 9.91. The van der Waals surface area contributed by atoms with Crippen LogP contribution in [0.15, 0.2) is 48.5 Å². The predicted molar refractivity (Wildman–Crippen MR) is 103 cm³/mol. The second-order valence-electron chi connectivity index (χ2n) is 7.26. The first kappa shape index (κ1) is 16.4. The summed E-state index contributed by atoms with van der Waals surface area (Å²) in [5, 5.41) is 15.3. The van der Waals surface area contributed by atoms with Crippen LogP contribution in [0, 0.1) is 6.92 Å². The van der Waals surface area contributed by atoms with Gasteiger partial charge in [0.1, 0.15) is 0 Å². The average Bonchev–Trinajstić information content (AvgIpc) is 2.99. The van der Waals surface area contributed by atoms with E-state index in [0.717, 1.165) is 12.8 Å². The number of fused-ring (bicyclic) bond motifs is 3. The van der Waals surface area contributed by atoms with Crippen molar-refractivity contribution in [2.24, 2.45) is 0 Å². The molecule has 3 heteroatoms. The summed E-state index contributed by atoms with van der Waals surface area (Å²) in [5.41, 5.74) is 6.50. The Morgan fingerprint density at radius 3 is 2.88 bits per heavy atom. The number of rotatable bonds is 5. The highest BCUT2D eigenvalue weighted by Gasteiger charge is 2.24. The molecule has 0 amide bonds. The first-order chi connectivity index (χ1) is 12.2. The molecule has 2 atom stereocenters. The molecule has 1 aliphatic rings. The molecule has 0 fully saturated rings. The van der Waals surface area contributed by atoms with Gasteiger partial charge >= 0.3 is 0 Å². The fraction of sp³-hybridized carbons (Fsp3) is 0.364. The van der Waals surface area contributed by atoms with Crippen molar-refractivity contribution in [1.82, 2.24) is 10.3 Å². The van der Waals surface area contributed by atoms with E-state index >= 15 is 0 Å². The maximum Gasteiger partial charge on any atom is 0.0705 e. The molecule has 25 heavy (non-hydrogen) atoms. The van der Waals surface area contributed by atoms with Crippen LogP contribution in [0.25, 0.3) is 10.9 Å².